The Balaban J connectivity index is 2.39. The second kappa shape index (κ2) is 4.73. The second-order valence-electron chi connectivity index (χ2n) is 3.42. The average molecular weight is 271 g/mol. The van der Waals surface area contributed by atoms with Crippen molar-refractivity contribution in [2.75, 3.05) is 0 Å². The number of rotatable bonds is 3. The first-order valence-electron chi connectivity index (χ1n) is 4.77. The lowest BCUT2D eigenvalue weighted by atomic mass is 10.3. The summed E-state index contributed by atoms with van der Waals surface area (Å²) in [6.45, 7) is 0. The van der Waals surface area contributed by atoms with Crippen LogP contribution in [0.2, 0.25) is 0 Å². The average Bonchev–Trinajstić information content (AvgIpc) is 2.64. The van der Waals surface area contributed by atoms with E-state index in [1.807, 2.05) is 0 Å². The van der Waals surface area contributed by atoms with Crippen molar-refractivity contribution in [1.29, 1.82) is 0 Å². The van der Waals surface area contributed by atoms with Gasteiger partial charge in [-0.25, -0.2) is 8.78 Å². The molecule has 2 aromatic rings. The maximum Gasteiger partial charge on any atom is 0.396 e. The molecule has 0 aliphatic heterocycles. The quantitative estimate of drug-likeness (QED) is 0.636. The number of hydrogen-bond acceptors (Lipinski definition) is 4. The minimum atomic E-state index is -0.768. The highest BCUT2D eigenvalue weighted by Gasteiger charge is 2.22. The van der Waals surface area contributed by atoms with Gasteiger partial charge in [-0.1, -0.05) is 11.8 Å². The molecule has 0 amide bonds. The Bertz CT molecular complexity index is 615. The maximum atomic E-state index is 13.4. The minimum Gasteiger partial charge on any atom is -0.358 e. The van der Waals surface area contributed by atoms with Crippen LogP contribution in [-0.4, -0.2) is 14.5 Å². The molecule has 1 aromatic heterocycles. The van der Waals surface area contributed by atoms with Crippen molar-refractivity contribution < 1.29 is 13.7 Å². The lowest BCUT2D eigenvalue weighted by Crippen LogP contribution is -1.94. The predicted octanol–water partition coefficient (Wildman–Crippen LogP) is 2.76. The zero-order chi connectivity index (χ0) is 13.3. The fraction of sp³-hybridized carbons (Fsp3) is 0.100. The Labute approximate surface area is 105 Å². The van der Waals surface area contributed by atoms with E-state index in [0.717, 1.165) is 23.9 Å². The van der Waals surface area contributed by atoms with E-state index < -0.39 is 16.6 Å². The van der Waals surface area contributed by atoms with E-state index in [4.69, 9.17) is 0 Å². The number of aromatic nitrogens is 2. The van der Waals surface area contributed by atoms with E-state index in [1.165, 1.54) is 17.0 Å². The normalized spacial score (nSPS) is 10.6. The summed E-state index contributed by atoms with van der Waals surface area (Å²) in [5, 5.41) is 10.9. The van der Waals surface area contributed by atoms with Crippen LogP contribution in [0.1, 0.15) is 0 Å². The molecule has 0 bridgehead atoms. The van der Waals surface area contributed by atoms with Gasteiger partial charge in [0.05, 0.1) is 0 Å². The van der Waals surface area contributed by atoms with E-state index >= 15 is 0 Å². The van der Waals surface area contributed by atoms with Crippen molar-refractivity contribution in [1.82, 2.24) is 9.55 Å². The van der Waals surface area contributed by atoms with Crippen LogP contribution in [0.15, 0.2) is 34.4 Å². The van der Waals surface area contributed by atoms with E-state index in [-0.39, 0.29) is 15.7 Å². The van der Waals surface area contributed by atoms with E-state index in [1.54, 1.807) is 7.05 Å². The molecule has 0 spiro atoms. The summed E-state index contributed by atoms with van der Waals surface area (Å²) in [6, 6.07) is 3.05. The lowest BCUT2D eigenvalue weighted by Gasteiger charge is -2.03. The molecule has 94 valence electrons. The summed E-state index contributed by atoms with van der Waals surface area (Å²) in [6.07, 6.45) is 1.27. The summed E-state index contributed by atoms with van der Waals surface area (Å²) >= 11 is 0.828. The smallest absolute Gasteiger partial charge is 0.358 e. The molecule has 2 rings (SSSR count). The van der Waals surface area contributed by atoms with Gasteiger partial charge in [0.25, 0.3) is 0 Å². The summed E-state index contributed by atoms with van der Waals surface area (Å²) in [4.78, 5) is 13.8. The number of benzene rings is 1. The zero-order valence-electron chi connectivity index (χ0n) is 9.13. The van der Waals surface area contributed by atoms with Crippen molar-refractivity contribution >= 4 is 17.6 Å². The Hall–Kier alpha value is -1.96. The Morgan fingerprint density at radius 2 is 2.17 bits per heavy atom. The third-order valence-electron chi connectivity index (χ3n) is 2.14. The highest BCUT2D eigenvalue weighted by atomic mass is 32.2. The number of halogens is 2. The number of hydrogen-bond donors (Lipinski definition) is 0. The molecule has 0 aliphatic rings. The largest absolute Gasteiger partial charge is 0.396 e. The van der Waals surface area contributed by atoms with Gasteiger partial charge in [-0.2, -0.15) is 0 Å². The molecule has 1 aromatic carbocycles. The van der Waals surface area contributed by atoms with Gasteiger partial charge >= 0.3 is 5.82 Å². The van der Waals surface area contributed by atoms with E-state index in [0.29, 0.717) is 0 Å². The van der Waals surface area contributed by atoms with Crippen LogP contribution >= 0.6 is 11.8 Å². The Morgan fingerprint density at radius 1 is 1.44 bits per heavy atom. The molecule has 0 fully saturated rings. The molecule has 8 heteroatoms. The van der Waals surface area contributed by atoms with Gasteiger partial charge in [-0.15, -0.1) is 0 Å². The van der Waals surface area contributed by atoms with Crippen molar-refractivity contribution in [2.45, 2.75) is 9.92 Å². The molecule has 18 heavy (non-hydrogen) atoms. The number of imidazole rings is 1. The van der Waals surface area contributed by atoms with E-state index in [9.17, 15) is 18.9 Å². The number of nitrogens with zero attached hydrogens (tertiary/aromatic N) is 3. The first-order valence-corrected chi connectivity index (χ1v) is 5.59. The zero-order valence-corrected chi connectivity index (χ0v) is 9.95. The van der Waals surface area contributed by atoms with Gasteiger partial charge in [0.15, 0.2) is 5.03 Å². The monoisotopic (exact) mass is 271 g/mol. The molecule has 0 atom stereocenters. The van der Waals surface area contributed by atoms with Crippen LogP contribution in [0.3, 0.4) is 0 Å². The maximum absolute atomic E-state index is 13.4. The molecular formula is C10H7F2N3O2S. The van der Waals surface area contributed by atoms with Crippen molar-refractivity contribution in [3.63, 3.8) is 0 Å². The fourth-order valence-corrected chi connectivity index (χ4v) is 2.22. The van der Waals surface area contributed by atoms with E-state index in [2.05, 4.69) is 4.98 Å². The lowest BCUT2D eigenvalue weighted by molar-refractivity contribution is -0.392. The van der Waals surface area contributed by atoms with Crippen molar-refractivity contribution in [3.05, 3.63) is 46.3 Å². The van der Waals surface area contributed by atoms with Crippen LogP contribution in [0.4, 0.5) is 14.6 Å². The topological polar surface area (TPSA) is 61.0 Å². The first-order chi connectivity index (χ1) is 8.49. The minimum absolute atomic E-state index is 0.100. The second-order valence-corrected chi connectivity index (χ2v) is 4.45. The highest BCUT2D eigenvalue weighted by Crippen LogP contribution is 2.34. The van der Waals surface area contributed by atoms with Crippen LogP contribution in [0, 0.1) is 21.7 Å². The predicted molar refractivity (Wildman–Crippen MR) is 60.3 cm³/mol. The third kappa shape index (κ3) is 2.33. The summed E-state index contributed by atoms with van der Waals surface area (Å²) in [7, 11) is 1.56. The summed E-state index contributed by atoms with van der Waals surface area (Å²) < 4.78 is 27.6. The van der Waals surface area contributed by atoms with Gasteiger partial charge < -0.3 is 14.7 Å². The van der Waals surface area contributed by atoms with Gasteiger partial charge in [0.2, 0.25) is 6.33 Å². The highest BCUT2D eigenvalue weighted by molar-refractivity contribution is 7.99. The van der Waals surface area contributed by atoms with Gasteiger partial charge in [0, 0.05) is 18.0 Å². The van der Waals surface area contributed by atoms with Crippen LogP contribution in [0.25, 0.3) is 0 Å². The van der Waals surface area contributed by atoms with Gasteiger partial charge in [-0.05, 0) is 22.0 Å². The Kier molecular flexibility index (Phi) is 3.28. The van der Waals surface area contributed by atoms with Crippen LogP contribution < -0.4 is 0 Å². The molecule has 5 nitrogen and oxygen atoms in total. The fourth-order valence-electron chi connectivity index (χ4n) is 1.31. The number of nitro groups is 1. The molecule has 0 N–H and O–H groups in total. The van der Waals surface area contributed by atoms with Crippen LogP contribution in [0.5, 0.6) is 0 Å². The van der Waals surface area contributed by atoms with Crippen molar-refractivity contribution in [2.24, 2.45) is 7.05 Å². The standard InChI is InChI=1S/C10H7F2N3O2S/c1-14-5-13-9(15(16)17)10(14)18-8-3-2-6(11)4-7(8)12/h2-5H,1H3. The molecule has 0 saturated heterocycles. The van der Waals surface area contributed by atoms with Crippen LogP contribution in [-0.2, 0) is 7.05 Å². The molecular weight excluding hydrogens is 264 g/mol. The Morgan fingerprint density at radius 3 is 2.78 bits per heavy atom. The molecule has 0 unspecified atom stereocenters. The van der Waals surface area contributed by atoms with Gasteiger partial charge in [-0.3, -0.25) is 0 Å². The number of aryl methyl sites for hydroxylation is 1. The molecule has 0 saturated carbocycles. The molecule has 0 aliphatic carbocycles. The third-order valence-corrected chi connectivity index (χ3v) is 3.35. The molecule has 1 heterocycles. The first kappa shape index (κ1) is 12.5. The SMILES string of the molecule is Cn1cnc([N+](=O)[O-])c1Sc1ccc(F)cc1F. The molecule has 0 radical (unpaired) electrons. The summed E-state index contributed by atoms with van der Waals surface area (Å²) in [5.41, 5.74) is 0. The summed E-state index contributed by atoms with van der Waals surface area (Å²) in [5.74, 6) is -1.82. The van der Waals surface area contributed by atoms with Gasteiger partial charge in [0.1, 0.15) is 11.6 Å². The van der Waals surface area contributed by atoms with Crippen molar-refractivity contribution in [3.8, 4) is 0 Å².